The first kappa shape index (κ1) is 11.1. The van der Waals surface area contributed by atoms with E-state index in [0.29, 0.717) is 0 Å². The fourth-order valence-corrected chi connectivity index (χ4v) is 1.46. The second-order valence-electron chi connectivity index (χ2n) is 3.81. The Balaban J connectivity index is 2.55. The number of hydrogen-bond acceptors (Lipinski definition) is 2. The highest BCUT2D eigenvalue weighted by atomic mass is 15.1. The van der Waals surface area contributed by atoms with Crippen LogP contribution in [0.1, 0.15) is 18.4 Å². The molecule has 0 saturated carbocycles. The van der Waals surface area contributed by atoms with Crippen LogP contribution >= 0.6 is 0 Å². The molecule has 1 rings (SSSR count). The highest BCUT2D eigenvalue weighted by Gasteiger charge is 1.97. The molecule has 0 heterocycles. The second kappa shape index (κ2) is 5.66. The van der Waals surface area contributed by atoms with Gasteiger partial charge < -0.3 is 10.6 Å². The zero-order valence-electron chi connectivity index (χ0n) is 9.16. The van der Waals surface area contributed by atoms with E-state index >= 15 is 0 Å². The van der Waals surface area contributed by atoms with E-state index < -0.39 is 0 Å². The van der Waals surface area contributed by atoms with Crippen LogP contribution in [0.4, 0.5) is 5.69 Å². The van der Waals surface area contributed by atoms with Crippen LogP contribution in [0.2, 0.25) is 0 Å². The standard InChI is InChI=1S/C12H20N2/c1-14(2)12-8-5-7-11(10-12)6-3-4-9-13/h5,7-8,10H,3-4,6,9,13H2,1-2H3. The van der Waals surface area contributed by atoms with Gasteiger partial charge in [0.1, 0.15) is 0 Å². The number of nitrogens with zero attached hydrogens (tertiary/aromatic N) is 1. The summed E-state index contributed by atoms with van der Waals surface area (Å²) < 4.78 is 0. The molecule has 0 saturated heterocycles. The van der Waals surface area contributed by atoms with Crippen molar-refractivity contribution in [3.05, 3.63) is 29.8 Å². The molecule has 1 aromatic rings. The summed E-state index contributed by atoms with van der Waals surface area (Å²) in [5.74, 6) is 0. The summed E-state index contributed by atoms with van der Waals surface area (Å²) in [4.78, 5) is 2.13. The molecule has 0 unspecified atom stereocenters. The summed E-state index contributed by atoms with van der Waals surface area (Å²) in [6.07, 6.45) is 3.44. The molecule has 2 nitrogen and oxygen atoms in total. The molecule has 2 N–H and O–H groups in total. The van der Waals surface area contributed by atoms with Crippen molar-refractivity contribution in [1.29, 1.82) is 0 Å². The van der Waals surface area contributed by atoms with Gasteiger partial charge in [0.05, 0.1) is 0 Å². The van der Waals surface area contributed by atoms with Crippen molar-refractivity contribution in [2.45, 2.75) is 19.3 Å². The Kier molecular flexibility index (Phi) is 4.47. The van der Waals surface area contributed by atoms with Gasteiger partial charge in [0, 0.05) is 19.8 Å². The van der Waals surface area contributed by atoms with Gasteiger partial charge in [-0.2, -0.15) is 0 Å². The van der Waals surface area contributed by atoms with Crippen molar-refractivity contribution in [3.63, 3.8) is 0 Å². The lowest BCUT2D eigenvalue weighted by atomic mass is 10.1. The van der Waals surface area contributed by atoms with Crippen molar-refractivity contribution < 1.29 is 0 Å². The lowest BCUT2D eigenvalue weighted by Gasteiger charge is -2.13. The van der Waals surface area contributed by atoms with Gasteiger partial charge in [0.2, 0.25) is 0 Å². The van der Waals surface area contributed by atoms with Crippen LogP contribution in [0.3, 0.4) is 0 Å². The second-order valence-corrected chi connectivity index (χ2v) is 3.81. The van der Waals surface area contributed by atoms with E-state index in [1.165, 1.54) is 17.7 Å². The molecule has 0 amide bonds. The van der Waals surface area contributed by atoms with Crippen molar-refractivity contribution in [2.24, 2.45) is 5.73 Å². The smallest absolute Gasteiger partial charge is 0.0363 e. The van der Waals surface area contributed by atoms with Crippen molar-refractivity contribution in [3.8, 4) is 0 Å². The SMILES string of the molecule is CN(C)c1cccc(CCCCN)c1. The maximum atomic E-state index is 5.46. The number of anilines is 1. The summed E-state index contributed by atoms with van der Waals surface area (Å²) in [5.41, 5.74) is 8.14. The van der Waals surface area contributed by atoms with Gasteiger partial charge in [-0.15, -0.1) is 0 Å². The monoisotopic (exact) mass is 192 g/mol. The Hall–Kier alpha value is -1.02. The molecular weight excluding hydrogens is 172 g/mol. The van der Waals surface area contributed by atoms with Crippen LogP contribution in [0.5, 0.6) is 0 Å². The van der Waals surface area contributed by atoms with Crippen LogP contribution in [-0.2, 0) is 6.42 Å². The number of rotatable bonds is 5. The van der Waals surface area contributed by atoms with E-state index in [4.69, 9.17) is 5.73 Å². The van der Waals surface area contributed by atoms with Gasteiger partial charge in [0.25, 0.3) is 0 Å². The summed E-state index contributed by atoms with van der Waals surface area (Å²) in [6.45, 7) is 0.799. The molecule has 0 fully saturated rings. The molecule has 14 heavy (non-hydrogen) atoms. The first-order valence-corrected chi connectivity index (χ1v) is 5.20. The largest absolute Gasteiger partial charge is 0.378 e. The third-order valence-electron chi connectivity index (χ3n) is 2.35. The molecule has 0 bridgehead atoms. The van der Waals surface area contributed by atoms with Gasteiger partial charge in [-0.05, 0) is 43.5 Å². The highest BCUT2D eigenvalue weighted by Crippen LogP contribution is 2.14. The van der Waals surface area contributed by atoms with Gasteiger partial charge in [-0.3, -0.25) is 0 Å². The van der Waals surface area contributed by atoms with Crippen LogP contribution < -0.4 is 10.6 Å². The molecule has 78 valence electrons. The summed E-state index contributed by atoms with van der Waals surface area (Å²) >= 11 is 0. The van der Waals surface area contributed by atoms with Crippen LogP contribution in [0.25, 0.3) is 0 Å². The first-order valence-electron chi connectivity index (χ1n) is 5.20. The maximum absolute atomic E-state index is 5.46. The fourth-order valence-electron chi connectivity index (χ4n) is 1.46. The lowest BCUT2D eigenvalue weighted by Crippen LogP contribution is -2.08. The Morgan fingerprint density at radius 2 is 2.00 bits per heavy atom. The van der Waals surface area contributed by atoms with Crippen molar-refractivity contribution in [1.82, 2.24) is 0 Å². The molecule has 1 aromatic carbocycles. The molecule has 0 aromatic heterocycles. The Morgan fingerprint density at radius 1 is 1.21 bits per heavy atom. The lowest BCUT2D eigenvalue weighted by molar-refractivity contribution is 0.745. The van der Waals surface area contributed by atoms with E-state index in [-0.39, 0.29) is 0 Å². The van der Waals surface area contributed by atoms with Crippen molar-refractivity contribution >= 4 is 5.69 Å². The van der Waals surface area contributed by atoms with Crippen LogP contribution in [0.15, 0.2) is 24.3 Å². The Bertz CT molecular complexity index is 269. The van der Waals surface area contributed by atoms with Crippen molar-refractivity contribution in [2.75, 3.05) is 25.5 Å². The van der Waals surface area contributed by atoms with Gasteiger partial charge in [-0.25, -0.2) is 0 Å². The maximum Gasteiger partial charge on any atom is 0.0363 e. The normalized spacial score (nSPS) is 10.2. The van der Waals surface area contributed by atoms with Gasteiger partial charge in [0.15, 0.2) is 0 Å². The average Bonchev–Trinajstić information content (AvgIpc) is 2.19. The first-order chi connectivity index (χ1) is 6.74. The molecule has 0 radical (unpaired) electrons. The summed E-state index contributed by atoms with van der Waals surface area (Å²) in [6, 6.07) is 8.68. The molecule has 2 heteroatoms. The minimum atomic E-state index is 0.799. The predicted octanol–water partition coefficient (Wildman–Crippen LogP) is 2.03. The van der Waals surface area contributed by atoms with Crippen LogP contribution in [-0.4, -0.2) is 20.6 Å². The quantitative estimate of drug-likeness (QED) is 0.723. The minimum absolute atomic E-state index is 0.799. The zero-order chi connectivity index (χ0) is 10.4. The van der Waals surface area contributed by atoms with Gasteiger partial charge >= 0.3 is 0 Å². The molecule has 0 atom stereocenters. The number of nitrogens with two attached hydrogens (primary N) is 1. The molecule has 0 aliphatic rings. The predicted molar refractivity (Wildman–Crippen MR) is 62.8 cm³/mol. The molecule has 0 aliphatic carbocycles. The summed E-state index contributed by atoms with van der Waals surface area (Å²) in [7, 11) is 4.14. The molecule has 0 aliphatic heterocycles. The highest BCUT2D eigenvalue weighted by molar-refractivity contribution is 5.47. The fraction of sp³-hybridized carbons (Fsp3) is 0.500. The Morgan fingerprint density at radius 3 is 2.64 bits per heavy atom. The van der Waals surface area contributed by atoms with E-state index in [2.05, 4.69) is 43.3 Å². The number of benzene rings is 1. The number of unbranched alkanes of at least 4 members (excludes halogenated alkanes) is 1. The number of hydrogen-bond donors (Lipinski definition) is 1. The van der Waals surface area contributed by atoms with Crippen LogP contribution in [0, 0.1) is 0 Å². The topological polar surface area (TPSA) is 29.3 Å². The average molecular weight is 192 g/mol. The Labute approximate surface area is 86.7 Å². The van der Waals surface area contributed by atoms with E-state index in [9.17, 15) is 0 Å². The molecule has 0 spiro atoms. The minimum Gasteiger partial charge on any atom is -0.378 e. The van der Waals surface area contributed by atoms with E-state index in [0.717, 1.165) is 19.4 Å². The molecular formula is C12H20N2. The third kappa shape index (κ3) is 3.38. The third-order valence-corrected chi connectivity index (χ3v) is 2.35. The van der Waals surface area contributed by atoms with E-state index in [1.54, 1.807) is 0 Å². The van der Waals surface area contributed by atoms with E-state index in [1.807, 2.05) is 0 Å². The zero-order valence-corrected chi connectivity index (χ0v) is 9.16. The summed E-state index contributed by atoms with van der Waals surface area (Å²) in [5, 5.41) is 0. The number of aryl methyl sites for hydroxylation is 1. The van der Waals surface area contributed by atoms with Gasteiger partial charge in [-0.1, -0.05) is 12.1 Å².